The number of nitrogens with zero attached hydrogens (tertiary/aromatic N) is 3. The van der Waals surface area contributed by atoms with E-state index in [0.717, 1.165) is 5.69 Å². The summed E-state index contributed by atoms with van der Waals surface area (Å²) in [5.74, 6) is 1.06. The number of alkyl halides is 1. The lowest BCUT2D eigenvalue weighted by Crippen LogP contribution is -2.12. The summed E-state index contributed by atoms with van der Waals surface area (Å²) in [7, 11) is -3.67. The predicted molar refractivity (Wildman–Crippen MR) is 77.8 cm³/mol. The van der Waals surface area contributed by atoms with Gasteiger partial charge < -0.3 is 4.74 Å². The van der Waals surface area contributed by atoms with Crippen molar-refractivity contribution in [3.63, 3.8) is 0 Å². The lowest BCUT2D eigenvalue weighted by Gasteiger charge is -2.06. The van der Waals surface area contributed by atoms with Crippen LogP contribution in [0, 0.1) is 0 Å². The van der Waals surface area contributed by atoms with E-state index >= 15 is 0 Å². The number of primary sulfonamides is 1. The molecule has 0 aliphatic heterocycles. The first kappa shape index (κ1) is 15.7. The van der Waals surface area contributed by atoms with E-state index in [1.54, 1.807) is 16.8 Å². The summed E-state index contributed by atoms with van der Waals surface area (Å²) < 4.78 is 29.4. The van der Waals surface area contributed by atoms with Crippen molar-refractivity contribution in [1.82, 2.24) is 15.0 Å². The molecule has 21 heavy (non-hydrogen) atoms. The second kappa shape index (κ2) is 6.88. The highest BCUT2D eigenvalue weighted by Crippen LogP contribution is 2.14. The van der Waals surface area contributed by atoms with E-state index in [-0.39, 0.29) is 4.90 Å². The minimum atomic E-state index is -3.67. The molecule has 9 heteroatoms. The highest BCUT2D eigenvalue weighted by molar-refractivity contribution is 7.89. The molecule has 0 unspecified atom stereocenters. The van der Waals surface area contributed by atoms with Crippen LogP contribution in [0.3, 0.4) is 0 Å². The molecule has 0 bridgehead atoms. The molecule has 1 aromatic heterocycles. The molecule has 1 heterocycles. The van der Waals surface area contributed by atoms with Crippen molar-refractivity contribution in [2.75, 3.05) is 12.5 Å². The first-order chi connectivity index (χ1) is 9.99. The Kier molecular flexibility index (Phi) is 5.16. The number of aryl methyl sites for hydroxylation is 1. The number of hydrogen-bond acceptors (Lipinski definition) is 5. The molecular formula is C12H15ClN4O3S. The van der Waals surface area contributed by atoms with Gasteiger partial charge in [0.25, 0.3) is 0 Å². The molecule has 0 aliphatic carbocycles. The lowest BCUT2D eigenvalue weighted by atomic mass is 10.3. The molecule has 114 valence electrons. The van der Waals surface area contributed by atoms with E-state index in [0.29, 0.717) is 31.2 Å². The molecule has 0 atom stereocenters. The summed E-state index contributed by atoms with van der Waals surface area (Å²) in [6.07, 6.45) is 2.49. The monoisotopic (exact) mass is 330 g/mol. The lowest BCUT2D eigenvalue weighted by molar-refractivity contribution is 0.289. The van der Waals surface area contributed by atoms with Gasteiger partial charge in [0.1, 0.15) is 12.4 Å². The topological polar surface area (TPSA) is 100 Å². The Hall–Kier alpha value is -1.64. The Morgan fingerprint density at radius 2 is 2.00 bits per heavy atom. The molecule has 0 amide bonds. The molecule has 0 radical (unpaired) electrons. The Balaban J connectivity index is 1.85. The second-order valence-corrected chi connectivity index (χ2v) is 6.22. The van der Waals surface area contributed by atoms with Gasteiger partial charge in [-0.2, -0.15) is 0 Å². The van der Waals surface area contributed by atoms with Crippen LogP contribution in [0.4, 0.5) is 0 Å². The molecule has 2 rings (SSSR count). The van der Waals surface area contributed by atoms with Gasteiger partial charge in [-0.05, 0) is 24.3 Å². The number of rotatable bonds is 7. The largest absolute Gasteiger partial charge is 0.492 e. The molecule has 7 nitrogen and oxygen atoms in total. The Labute approximate surface area is 127 Å². The van der Waals surface area contributed by atoms with Gasteiger partial charge >= 0.3 is 0 Å². The number of sulfonamides is 1. The molecule has 1 aromatic carbocycles. The van der Waals surface area contributed by atoms with Crippen molar-refractivity contribution in [1.29, 1.82) is 0 Å². The van der Waals surface area contributed by atoms with E-state index in [1.807, 2.05) is 6.20 Å². The van der Waals surface area contributed by atoms with Gasteiger partial charge in [0.05, 0.1) is 17.1 Å². The van der Waals surface area contributed by atoms with E-state index in [4.69, 9.17) is 21.5 Å². The smallest absolute Gasteiger partial charge is 0.238 e. The summed E-state index contributed by atoms with van der Waals surface area (Å²) in [5.41, 5.74) is 0.836. The van der Waals surface area contributed by atoms with Gasteiger partial charge in [0, 0.05) is 18.5 Å². The van der Waals surface area contributed by atoms with Gasteiger partial charge in [-0.15, -0.1) is 16.7 Å². The van der Waals surface area contributed by atoms with Crippen molar-refractivity contribution in [3.8, 4) is 5.75 Å². The normalized spacial score (nSPS) is 11.5. The van der Waals surface area contributed by atoms with E-state index < -0.39 is 10.0 Å². The Morgan fingerprint density at radius 1 is 1.29 bits per heavy atom. The van der Waals surface area contributed by atoms with Gasteiger partial charge in [0.15, 0.2) is 0 Å². The molecule has 2 aromatic rings. The minimum absolute atomic E-state index is 0.0526. The van der Waals surface area contributed by atoms with Crippen LogP contribution < -0.4 is 9.88 Å². The third-order valence-electron chi connectivity index (χ3n) is 2.68. The standard InChI is InChI=1S/C12H15ClN4O3S/c13-6-5-10-9-17(16-15-10)7-8-20-11-1-3-12(4-2-11)21(14,18)19/h1-4,9H,5-8H2,(H2,14,18,19). The SMILES string of the molecule is NS(=O)(=O)c1ccc(OCCn2cc(CCCl)nn2)cc1. The van der Waals surface area contributed by atoms with Crippen molar-refractivity contribution in [2.45, 2.75) is 17.9 Å². The van der Waals surface area contributed by atoms with Gasteiger partial charge in [0.2, 0.25) is 10.0 Å². The van der Waals surface area contributed by atoms with Crippen LogP contribution in [0.2, 0.25) is 0 Å². The molecular weight excluding hydrogens is 316 g/mol. The average Bonchev–Trinajstić information content (AvgIpc) is 2.86. The van der Waals surface area contributed by atoms with Gasteiger partial charge in [-0.1, -0.05) is 5.21 Å². The third-order valence-corrected chi connectivity index (χ3v) is 3.80. The zero-order chi connectivity index (χ0) is 15.3. The highest BCUT2D eigenvalue weighted by Gasteiger charge is 2.07. The average molecular weight is 331 g/mol. The summed E-state index contributed by atoms with van der Waals surface area (Å²) >= 11 is 5.62. The molecule has 2 N–H and O–H groups in total. The van der Waals surface area contributed by atoms with Crippen LogP contribution in [-0.2, 0) is 23.0 Å². The molecule has 0 spiro atoms. The zero-order valence-electron chi connectivity index (χ0n) is 11.1. The molecule has 0 saturated carbocycles. The summed E-state index contributed by atoms with van der Waals surface area (Å²) in [6.45, 7) is 0.921. The number of benzene rings is 1. The quantitative estimate of drug-likeness (QED) is 0.756. The molecule has 0 saturated heterocycles. The summed E-state index contributed by atoms with van der Waals surface area (Å²) in [6, 6.07) is 5.91. The van der Waals surface area contributed by atoms with Crippen molar-refractivity contribution in [2.24, 2.45) is 5.14 Å². The van der Waals surface area contributed by atoms with Crippen LogP contribution >= 0.6 is 11.6 Å². The maximum atomic E-state index is 11.1. The van der Waals surface area contributed by atoms with Gasteiger partial charge in [-0.25, -0.2) is 18.2 Å². The van der Waals surface area contributed by atoms with Crippen LogP contribution in [0.15, 0.2) is 35.4 Å². The minimum Gasteiger partial charge on any atom is -0.492 e. The first-order valence-corrected chi connectivity index (χ1v) is 8.28. The molecule has 0 aliphatic rings. The van der Waals surface area contributed by atoms with E-state index in [2.05, 4.69) is 10.3 Å². The fourth-order valence-electron chi connectivity index (χ4n) is 1.64. The highest BCUT2D eigenvalue weighted by atomic mass is 35.5. The molecule has 0 fully saturated rings. The zero-order valence-corrected chi connectivity index (χ0v) is 12.7. The summed E-state index contributed by atoms with van der Waals surface area (Å²) in [5, 5.41) is 12.9. The number of hydrogen-bond donors (Lipinski definition) is 1. The Morgan fingerprint density at radius 3 is 2.62 bits per heavy atom. The second-order valence-electron chi connectivity index (χ2n) is 4.28. The number of ether oxygens (including phenoxy) is 1. The maximum absolute atomic E-state index is 11.1. The van der Waals surface area contributed by atoms with Crippen LogP contribution in [0.5, 0.6) is 5.75 Å². The summed E-state index contributed by atoms with van der Waals surface area (Å²) in [4.78, 5) is 0.0526. The maximum Gasteiger partial charge on any atom is 0.238 e. The number of aromatic nitrogens is 3. The van der Waals surface area contributed by atoms with Crippen LogP contribution in [0.1, 0.15) is 5.69 Å². The fraction of sp³-hybridized carbons (Fsp3) is 0.333. The first-order valence-electron chi connectivity index (χ1n) is 6.19. The Bertz CT molecular complexity index is 685. The van der Waals surface area contributed by atoms with Crippen molar-refractivity contribution in [3.05, 3.63) is 36.2 Å². The van der Waals surface area contributed by atoms with Crippen LogP contribution in [0.25, 0.3) is 0 Å². The van der Waals surface area contributed by atoms with E-state index in [1.165, 1.54) is 12.1 Å². The van der Waals surface area contributed by atoms with Crippen molar-refractivity contribution >= 4 is 21.6 Å². The van der Waals surface area contributed by atoms with E-state index in [9.17, 15) is 8.42 Å². The number of nitrogens with two attached hydrogens (primary N) is 1. The number of halogens is 1. The van der Waals surface area contributed by atoms with Crippen molar-refractivity contribution < 1.29 is 13.2 Å². The van der Waals surface area contributed by atoms with Gasteiger partial charge in [-0.3, -0.25) is 0 Å². The van der Waals surface area contributed by atoms with Crippen LogP contribution in [-0.4, -0.2) is 35.9 Å². The predicted octanol–water partition coefficient (Wildman–Crippen LogP) is 0.786. The third kappa shape index (κ3) is 4.69. The fourth-order valence-corrected chi connectivity index (χ4v) is 2.35.